The zero-order valence-corrected chi connectivity index (χ0v) is 38.4. The Morgan fingerprint density at radius 2 is 0.471 bits per heavy atom. The van der Waals surface area contributed by atoms with Crippen LogP contribution in [0.3, 0.4) is 0 Å². The van der Waals surface area contributed by atoms with Crippen LogP contribution >= 0.6 is 22.7 Å². The Balaban J connectivity index is 0.895. The average Bonchev–Trinajstić information content (AvgIpc) is 3.99. The van der Waals surface area contributed by atoms with Gasteiger partial charge in [-0.3, -0.25) is 0 Å². The molecule has 0 atom stereocenters. The molecule has 2 heteroatoms. The molecule has 0 aliphatic rings. The van der Waals surface area contributed by atoms with Crippen LogP contribution in [0.15, 0.2) is 231 Å². The molecule has 0 bridgehead atoms. The van der Waals surface area contributed by atoms with Crippen LogP contribution in [-0.2, 0) is 0 Å². The molecule has 0 aliphatic heterocycles. The molecule has 0 saturated heterocycles. The van der Waals surface area contributed by atoms with Crippen molar-refractivity contribution in [1.29, 1.82) is 0 Å². The number of hydrogen-bond donors (Lipinski definition) is 0. The van der Waals surface area contributed by atoms with Gasteiger partial charge in [-0.15, -0.1) is 22.7 Å². The summed E-state index contributed by atoms with van der Waals surface area (Å²) >= 11 is 3.79. The largest absolute Gasteiger partial charge is 0.135 e. The van der Waals surface area contributed by atoms with E-state index in [1.165, 1.54) is 149 Å². The van der Waals surface area contributed by atoms with Gasteiger partial charge in [0, 0.05) is 40.3 Å². The van der Waals surface area contributed by atoms with Gasteiger partial charge < -0.3 is 0 Å². The summed E-state index contributed by atoms with van der Waals surface area (Å²) in [4.78, 5) is 0. The lowest BCUT2D eigenvalue weighted by Gasteiger charge is -2.15. The summed E-state index contributed by atoms with van der Waals surface area (Å²) < 4.78 is 5.35. The van der Waals surface area contributed by atoms with Crippen molar-refractivity contribution in [1.82, 2.24) is 0 Å². The van der Waals surface area contributed by atoms with Gasteiger partial charge in [0.1, 0.15) is 0 Å². The van der Waals surface area contributed by atoms with E-state index < -0.39 is 0 Å². The summed E-state index contributed by atoms with van der Waals surface area (Å²) in [6.07, 6.45) is 0. The van der Waals surface area contributed by atoms with Crippen LogP contribution in [-0.4, -0.2) is 0 Å². The lowest BCUT2D eigenvalue weighted by atomic mass is 9.88. The lowest BCUT2D eigenvalue weighted by Crippen LogP contribution is -1.88. The second-order valence-corrected chi connectivity index (χ2v) is 20.4. The monoisotopic (exact) mass is 894 g/mol. The number of rotatable bonds is 4. The number of hydrogen-bond acceptors (Lipinski definition) is 2. The third-order valence-electron chi connectivity index (χ3n) is 14.6. The molecule has 15 aromatic rings. The Hall–Kier alpha value is -8.14. The Bertz CT molecular complexity index is 4620. The van der Waals surface area contributed by atoms with Crippen molar-refractivity contribution in [2.45, 2.75) is 0 Å². The highest BCUT2D eigenvalue weighted by Crippen LogP contribution is 2.45. The highest BCUT2D eigenvalue weighted by molar-refractivity contribution is 7.26. The first kappa shape index (κ1) is 38.0. The molecule has 68 heavy (non-hydrogen) atoms. The SMILES string of the molecule is c1cc(-c2ccc3c4ccccc4c4ccc(-c5ccc6c7ccccc7c7cc(-c8cccc9c8sc8ccccc89)ccc7c6c5)cc4c3c2)cc(-c2cccc3c2sc2ccccc23)c1. The zero-order valence-electron chi connectivity index (χ0n) is 36.8. The molecule has 0 unspecified atom stereocenters. The molecule has 314 valence electrons. The van der Waals surface area contributed by atoms with Gasteiger partial charge in [-0.1, -0.05) is 188 Å². The van der Waals surface area contributed by atoms with Crippen LogP contribution < -0.4 is 0 Å². The molecule has 0 fully saturated rings. The molecule has 0 aliphatic carbocycles. The maximum absolute atomic E-state index is 2.45. The van der Waals surface area contributed by atoms with Crippen LogP contribution in [0.5, 0.6) is 0 Å². The van der Waals surface area contributed by atoms with Crippen molar-refractivity contribution >= 4 is 128 Å². The van der Waals surface area contributed by atoms with E-state index in [1.807, 2.05) is 22.7 Å². The second kappa shape index (κ2) is 14.7. The number of fused-ring (bicyclic) bond motifs is 18. The summed E-state index contributed by atoms with van der Waals surface area (Å²) in [6, 6.07) is 86.6. The Morgan fingerprint density at radius 1 is 0.176 bits per heavy atom. The van der Waals surface area contributed by atoms with E-state index in [1.54, 1.807) is 0 Å². The molecule has 0 N–H and O–H groups in total. The topological polar surface area (TPSA) is 0 Å². The van der Waals surface area contributed by atoms with Gasteiger partial charge in [0.15, 0.2) is 0 Å². The fourth-order valence-electron chi connectivity index (χ4n) is 11.4. The molecule has 15 rings (SSSR count). The van der Waals surface area contributed by atoms with Gasteiger partial charge >= 0.3 is 0 Å². The van der Waals surface area contributed by atoms with E-state index in [2.05, 4.69) is 231 Å². The minimum Gasteiger partial charge on any atom is -0.135 e. The minimum absolute atomic E-state index is 1.22. The van der Waals surface area contributed by atoms with Crippen molar-refractivity contribution in [3.63, 3.8) is 0 Å². The smallest absolute Gasteiger partial charge is 0.0433 e. The quantitative estimate of drug-likeness (QED) is 0.154. The van der Waals surface area contributed by atoms with Gasteiger partial charge in [0.25, 0.3) is 0 Å². The first-order valence-electron chi connectivity index (χ1n) is 23.4. The molecule has 0 spiro atoms. The molecule has 2 heterocycles. The van der Waals surface area contributed by atoms with E-state index >= 15 is 0 Å². The van der Waals surface area contributed by atoms with Crippen LogP contribution in [0.1, 0.15) is 0 Å². The first-order chi connectivity index (χ1) is 33.7. The first-order valence-corrected chi connectivity index (χ1v) is 25.0. The normalized spacial score (nSPS) is 12.1. The molecule has 0 radical (unpaired) electrons. The summed E-state index contributed by atoms with van der Waals surface area (Å²) in [5.74, 6) is 0. The molecule has 2 aromatic heterocycles. The molecular formula is C66H38S2. The van der Waals surface area contributed by atoms with E-state index in [9.17, 15) is 0 Å². The second-order valence-electron chi connectivity index (χ2n) is 18.3. The fraction of sp³-hybridized carbons (Fsp3) is 0. The summed E-state index contributed by atoms with van der Waals surface area (Å²) in [7, 11) is 0. The van der Waals surface area contributed by atoms with Gasteiger partial charge in [-0.05, 0) is 152 Å². The third kappa shape index (κ3) is 5.66. The lowest BCUT2D eigenvalue weighted by molar-refractivity contribution is 1.63. The Morgan fingerprint density at radius 3 is 0.956 bits per heavy atom. The van der Waals surface area contributed by atoms with E-state index in [0.717, 1.165) is 0 Å². The van der Waals surface area contributed by atoms with Gasteiger partial charge in [0.2, 0.25) is 0 Å². The molecule has 0 nitrogen and oxygen atoms in total. The summed E-state index contributed by atoms with van der Waals surface area (Å²) in [5.41, 5.74) is 9.95. The Labute approximate surface area is 400 Å². The molecule has 13 aromatic carbocycles. The highest BCUT2D eigenvalue weighted by atomic mass is 32.1. The maximum Gasteiger partial charge on any atom is 0.0433 e. The van der Waals surface area contributed by atoms with Crippen molar-refractivity contribution < 1.29 is 0 Å². The standard InChI is InChI=1S/C66H38S2/c1-2-15-48-47(14-1)52-31-26-40(39-12-9-13-43(34-39)45-20-10-22-57-55-18-5-7-24-63(55)67-65(45)57)36-61(52)62-37-42(28-32-53(48)62)41-27-30-51-49-16-3-4-17-50(49)60-38-44(29-33-54(60)59(51)35-41)46-21-11-23-58-56-19-6-8-25-64(56)68-66(46)58/h1-38H. The molecule has 0 saturated carbocycles. The van der Waals surface area contributed by atoms with Crippen LogP contribution in [0.25, 0.3) is 149 Å². The van der Waals surface area contributed by atoms with Crippen LogP contribution in [0.4, 0.5) is 0 Å². The summed E-state index contributed by atoms with van der Waals surface area (Å²) in [6.45, 7) is 0. The van der Waals surface area contributed by atoms with Gasteiger partial charge in [0.05, 0.1) is 0 Å². The maximum atomic E-state index is 2.45. The number of benzene rings is 13. The summed E-state index contributed by atoms with van der Waals surface area (Å²) in [5, 5.41) is 20.7. The van der Waals surface area contributed by atoms with Gasteiger partial charge in [-0.25, -0.2) is 0 Å². The van der Waals surface area contributed by atoms with Crippen molar-refractivity contribution in [3.8, 4) is 44.5 Å². The van der Waals surface area contributed by atoms with Gasteiger partial charge in [-0.2, -0.15) is 0 Å². The van der Waals surface area contributed by atoms with E-state index in [0.29, 0.717) is 0 Å². The third-order valence-corrected chi connectivity index (χ3v) is 17.1. The molecule has 0 amide bonds. The zero-order chi connectivity index (χ0) is 44.5. The fourth-order valence-corrected chi connectivity index (χ4v) is 13.9. The predicted octanol–water partition coefficient (Wildman–Crippen LogP) is 20.0. The minimum atomic E-state index is 1.22. The number of thiophene rings is 2. The highest BCUT2D eigenvalue weighted by Gasteiger charge is 2.17. The Kier molecular flexibility index (Phi) is 8.21. The van der Waals surface area contributed by atoms with Crippen LogP contribution in [0.2, 0.25) is 0 Å². The van der Waals surface area contributed by atoms with Crippen molar-refractivity contribution in [2.75, 3.05) is 0 Å². The van der Waals surface area contributed by atoms with Crippen molar-refractivity contribution in [3.05, 3.63) is 231 Å². The van der Waals surface area contributed by atoms with E-state index in [4.69, 9.17) is 0 Å². The molecular weight excluding hydrogens is 857 g/mol. The van der Waals surface area contributed by atoms with Crippen molar-refractivity contribution in [2.24, 2.45) is 0 Å². The predicted molar refractivity (Wildman–Crippen MR) is 299 cm³/mol. The average molecular weight is 895 g/mol. The van der Waals surface area contributed by atoms with E-state index in [-0.39, 0.29) is 0 Å². The van der Waals surface area contributed by atoms with Crippen LogP contribution in [0, 0.1) is 0 Å².